The number of amides is 1. The lowest BCUT2D eigenvalue weighted by Crippen LogP contribution is -2.62. The lowest BCUT2D eigenvalue weighted by molar-refractivity contribution is -0.184. The van der Waals surface area contributed by atoms with Gasteiger partial charge in [0.2, 0.25) is 11.7 Å². The first kappa shape index (κ1) is 33.1. The average Bonchev–Trinajstić information content (AvgIpc) is 3.56. The summed E-state index contributed by atoms with van der Waals surface area (Å²) in [5, 5.41) is 36.5. The van der Waals surface area contributed by atoms with Crippen molar-refractivity contribution in [3.05, 3.63) is 47.7 Å². The molecule has 252 valence electrons. The van der Waals surface area contributed by atoms with E-state index in [0.717, 1.165) is 34.9 Å². The molecule has 3 saturated carbocycles. The van der Waals surface area contributed by atoms with Crippen LogP contribution < -0.4 is 5.32 Å². The Bertz CT molecular complexity index is 1650. The molecule has 47 heavy (non-hydrogen) atoms. The van der Waals surface area contributed by atoms with Gasteiger partial charge in [0.25, 0.3) is 0 Å². The Kier molecular flexibility index (Phi) is 8.67. The third-order valence-corrected chi connectivity index (χ3v) is 12.2. The molecule has 8 atom stereocenters. The number of esters is 1. The second-order valence-electron chi connectivity index (χ2n) is 14.6. The molecule has 4 aliphatic carbocycles. The molecule has 0 radical (unpaired) electrons. The molecule has 1 aromatic carbocycles. The van der Waals surface area contributed by atoms with E-state index in [4.69, 9.17) is 4.74 Å². The average molecular weight is 649 g/mol. The molecular formula is C36H44N2O9. The summed E-state index contributed by atoms with van der Waals surface area (Å²) in [6.45, 7) is 3.35. The van der Waals surface area contributed by atoms with Crippen LogP contribution in [0.25, 0.3) is 10.9 Å². The van der Waals surface area contributed by atoms with Gasteiger partial charge in [-0.2, -0.15) is 0 Å². The molecular weight excluding hydrogens is 604 g/mol. The molecule has 0 spiro atoms. The van der Waals surface area contributed by atoms with Crippen molar-refractivity contribution in [3.63, 3.8) is 0 Å². The molecule has 0 aliphatic heterocycles. The predicted molar refractivity (Wildman–Crippen MR) is 170 cm³/mol. The largest absolute Gasteiger partial charge is 0.480 e. The Balaban J connectivity index is 1.03. The van der Waals surface area contributed by atoms with Gasteiger partial charge in [0.1, 0.15) is 11.6 Å². The molecule has 0 saturated heterocycles. The van der Waals surface area contributed by atoms with Crippen molar-refractivity contribution in [1.29, 1.82) is 0 Å². The first-order valence-electron chi connectivity index (χ1n) is 16.7. The van der Waals surface area contributed by atoms with Crippen LogP contribution in [-0.4, -0.2) is 74.1 Å². The van der Waals surface area contributed by atoms with Gasteiger partial charge in [-0.05, 0) is 79.4 Å². The number of ether oxygens (including phenoxy) is 1. The Hall–Kier alpha value is -3.83. The zero-order chi connectivity index (χ0) is 33.7. The number of aliphatic hydroxyl groups excluding tert-OH is 1. The molecule has 11 heteroatoms. The number of carbonyl (C=O) groups excluding carboxylic acids is 4. The van der Waals surface area contributed by atoms with Gasteiger partial charge in [-0.15, -0.1) is 0 Å². The summed E-state index contributed by atoms with van der Waals surface area (Å²) in [5.41, 5.74) is -0.282. The number of benzene rings is 1. The number of aliphatic carboxylic acids is 1. The topological polar surface area (TPSA) is 183 Å². The monoisotopic (exact) mass is 648 g/mol. The van der Waals surface area contributed by atoms with Crippen LogP contribution in [0.2, 0.25) is 0 Å². The number of aliphatic hydroxyl groups is 2. The number of allylic oxidation sites excluding steroid dienone is 1. The number of fused-ring (bicyclic) bond motifs is 6. The quantitative estimate of drug-likeness (QED) is 0.241. The van der Waals surface area contributed by atoms with Gasteiger partial charge in [-0.3, -0.25) is 19.2 Å². The van der Waals surface area contributed by atoms with Crippen molar-refractivity contribution in [1.82, 2.24) is 10.3 Å². The van der Waals surface area contributed by atoms with Gasteiger partial charge in [0, 0.05) is 41.8 Å². The lowest BCUT2D eigenvalue weighted by Gasteiger charge is -2.60. The molecule has 11 nitrogen and oxygen atoms in total. The Morgan fingerprint density at radius 1 is 1.09 bits per heavy atom. The number of hydrogen-bond acceptors (Lipinski definition) is 8. The number of hydrogen-bond donors (Lipinski definition) is 5. The van der Waals surface area contributed by atoms with Crippen molar-refractivity contribution >= 4 is 40.3 Å². The van der Waals surface area contributed by atoms with Crippen LogP contribution in [0, 0.1) is 28.6 Å². The Morgan fingerprint density at radius 3 is 2.62 bits per heavy atom. The van der Waals surface area contributed by atoms with Gasteiger partial charge in [0.15, 0.2) is 12.4 Å². The van der Waals surface area contributed by atoms with E-state index in [-0.39, 0.29) is 61.1 Å². The van der Waals surface area contributed by atoms with Crippen molar-refractivity contribution in [2.45, 2.75) is 95.8 Å². The number of carbonyl (C=O) groups is 5. The Labute approximate surface area is 273 Å². The van der Waals surface area contributed by atoms with Gasteiger partial charge < -0.3 is 30.4 Å². The number of H-pyrrole nitrogens is 1. The number of carboxylic acid groups (broad SMARTS) is 1. The molecule has 1 aromatic heterocycles. The van der Waals surface area contributed by atoms with Crippen LogP contribution in [-0.2, 0) is 35.1 Å². The fourth-order valence-corrected chi connectivity index (χ4v) is 9.69. The van der Waals surface area contributed by atoms with Gasteiger partial charge in [0.05, 0.1) is 12.5 Å². The predicted octanol–water partition coefficient (Wildman–Crippen LogP) is 3.41. The number of ketones is 2. The van der Waals surface area contributed by atoms with Crippen molar-refractivity contribution in [3.8, 4) is 0 Å². The van der Waals surface area contributed by atoms with E-state index < -0.39 is 53.4 Å². The first-order valence-corrected chi connectivity index (χ1v) is 16.7. The summed E-state index contributed by atoms with van der Waals surface area (Å²) < 4.78 is 5.22. The van der Waals surface area contributed by atoms with Crippen molar-refractivity contribution in [2.24, 2.45) is 28.6 Å². The number of rotatable bonds is 10. The minimum Gasteiger partial charge on any atom is -0.480 e. The summed E-state index contributed by atoms with van der Waals surface area (Å²) in [7, 11) is 0. The molecule has 5 unspecified atom stereocenters. The summed E-state index contributed by atoms with van der Waals surface area (Å²) >= 11 is 0. The number of carboxylic acids is 1. The molecule has 1 heterocycles. The van der Waals surface area contributed by atoms with Crippen LogP contribution in [0.3, 0.4) is 0 Å². The first-order chi connectivity index (χ1) is 22.3. The SMILES string of the molecule is C[C@]12CCC(=O)C=C1CCC1C2C(O)C[C@@]2(C)C1CC[C@]2(O)C(=O)COC(=O)CCC(=O)NC(Cc1c[nH]c2ccccc12)C(=O)O. The third kappa shape index (κ3) is 5.71. The molecule has 6 rings (SSSR count). The molecule has 4 aliphatic rings. The zero-order valence-electron chi connectivity index (χ0n) is 26.9. The van der Waals surface area contributed by atoms with Gasteiger partial charge in [-0.1, -0.05) is 37.6 Å². The minimum absolute atomic E-state index is 0.00770. The number of Topliss-reactive ketones (excluding diaryl/α,β-unsaturated/α-hetero) is 1. The molecule has 2 aromatic rings. The standard InChI is InChI=1S/C36H44N2O9/c1-34-13-11-22(39)16-21(34)7-8-24-25-12-14-36(46,35(25,2)17-28(40)32(24)34)29(41)19-47-31(43)10-9-30(42)38-27(33(44)45)15-20-18-37-26-6-4-3-5-23(20)26/h3-6,16,18,24-25,27-28,32,37,40,46H,7-15,17,19H2,1-2H3,(H,38,42)(H,44,45)/t24?,25?,27?,28?,32?,34-,35-,36-/m0/s1. The molecule has 5 N–H and O–H groups in total. The second kappa shape index (κ2) is 12.3. The molecule has 1 amide bonds. The van der Waals surface area contributed by atoms with Crippen LogP contribution in [0.4, 0.5) is 0 Å². The number of nitrogens with one attached hydrogen (secondary N) is 2. The summed E-state index contributed by atoms with van der Waals surface area (Å²) in [6.07, 6.45) is 5.80. The van der Waals surface area contributed by atoms with E-state index in [1.165, 1.54) is 0 Å². The van der Waals surface area contributed by atoms with Crippen LogP contribution in [0.15, 0.2) is 42.1 Å². The fraction of sp³-hybridized carbons (Fsp3) is 0.583. The van der Waals surface area contributed by atoms with E-state index >= 15 is 0 Å². The van der Waals surface area contributed by atoms with Crippen LogP contribution >= 0.6 is 0 Å². The highest BCUT2D eigenvalue weighted by Crippen LogP contribution is 2.67. The summed E-state index contributed by atoms with van der Waals surface area (Å²) in [5.74, 6) is -3.12. The maximum Gasteiger partial charge on any atom is 0.326 e. The van der Waals surface area contributed by atoms with Crippen LogP contribution in [0.5, 0.6) is 0 Å². The highest BCUT2D eigenvalue weighted by atomic mass is 16.5. The van der Waals surface area contributed by atoms with Crippen molar-refractivity contribution in [2.75, 3.05) is 6.61 Å². The Morgan fingerprint density at radius 2 is 1.85 bits per heavy atom. The van der Waals surface area contributed by atoms with Gasteiger partial charge >= 0.3 is 11.9 Å². The summed E-state index contributed by atoms with van der Waals surface area (Å²) in [4.78, 5) is 65.8. The van der Waals surface area contributed by atoms with Crippen molar-refractivity contribution < 1.29 is 44.0 Å². The molecule has 0 bridgehead atoms. The zero-order valence-corrected chi connectivity index (χ0v) is 26.9. The normalized spacial score (nSPS) is 33.6. The minimum atomic E-state index is -1.78. The van der Waals surface area contributed by atoms with E-state index in [2.05, 4.69) is 17.2 Å². The van der Waals surface area contributed by atoms with E-state index in [1.54, 1.807) is 12.3 Å². The van der Waals surface area contributed by atoms with Crippen LogP contribution in [0.1, 0.15) is 77.2 Å². The number of para-hydroxylation sites is 1. The fourth-order valence-electron chi connectivity index (χ4n) is 9.69. The van der Waals surface area contributed by atoms with E-state index in [1.807, 2.05) is 31.2 Å². The smallest absolute Gasteiger partial charge is 0.326 e. The maximum absolute atomic E-state index is 13.5. The number of aromatic amines is 1. The summed E-state index contributed by atoms with van der Waals surface area (Å²) in [6, 6.07) is 6.22. The second-order valence-corrected chi connectivity index (χ2v) is 14.6. The third-order valence-electron chi connectivity index (χ3n) is 12.2. The van der Waals surface area contributed by atoms with Gasteiger partial charge in [-0.25, -0.2) is 4.79 Å². The van der Waals surface area contributed by atoms with E-state index in [9.17, 15) is 39.3 Å². The van der Waals surface area contributed by atoms with E-state index in [0.29, 0.717) is 19.3 Å². The highest BCUT2D eigenvalue weighted by molar-refractivity contribution is 5.92. The molecule has 3 fully saturated rings. The highest BCUT2D eigenvalue weighted by Gasteiger charge is 2.68. The number of aromatic nitrogens is 1. The maximum atomic E-state index is 13.5. The lowest BCUT2D eigenvalue weighted by atomic mass is 9.45.